The Kier molecular flexibility index (Phi) is 2.32. The van der Waals surface area contributed by atoms with Gasteiger partial charge in [0, 0.05) is 5.38 Å². The lowest BCUT2D eigenvalue weighted by molar-refractivity contribution is 0.415. The second-order valence-electron chi connectivity index (χ2n) is 2.69. The van der Waals surface area contributed by atoms with Crippen LogP contribution in [0.15, 0.2) is 35.7 Å². The predicted molar refractivity (Wildman–Crippen MR) is 55.1 cm³/mol. The molecule has 13 heavy (non-hydrogen) atoms. The summed E-state index contributed by atoms with van der Waals surface area (Å²) < 4.78 is 5.15. The minimum absolute atomic E-state index is 0.892. The summed E-state index contributed by atoms with van der Waals surface area (Å²) in [6.07, 6.45) is 0. The molecule has 65 valence electrons. The molecule has 0 saturated carbocycles. The Bertz CT molecular complexity index is 379. The molecular formula is C11H9OS. The van der Waals surface area contributed by atoms with E-state index < -0.39 is 0 Å². The largest absolute Gasteiger partial charge is 0.497 e. The van der Waals surface area contributed by atoms with Gasteiger partial charge in [0.15, 0.2) is 0 Å². The first-order valence-corrected chi connectivity index (χ1v) is 4.87. The fourth-order valence-corrected chi connectivity index (χ4v) is 1.78. The van der Waals surface area contributed by atoms with E-state index in [1.807, 2.05) is 24.3 Å². The van der Waals surface area contributed by atoms with E-state index >= 15 is 0 Å². The van der Waals surface area contributed by atoms with Crippen LogP contribution in [0, 0.1) is 5.38 Å². The van der Waals surface area contributed by atoms with Gasteiger partial charge in [0.2, 0.25) is 0 Å². The zero-order valence-corrected chi connectivity index (χ0v) is 8.10. The van der Waals surface area contributed by atoms with Crippen molar-refractivity contribution < 1.29 is 4.74 Å². The highest BCUT2D eigenvalue weighted by Gasteiger charge is 1.98. The van der Waals surface area contributed by atoms with Crippen LogP contribution in [0.25, 0.3) is 11.1 Å². The topological polar surface area (TPSA) is 9.23 Å². The maximum absolute atomic E-state index is 5.15. The van der Waals surface area contributed by atoms with Crippen molar-refractivity contribution >= 4 is 11.3 Å². The Morgan fingerprint density at radius 1 is 1.31 bits per heavy atom. The molecule has 2 heteroatoms. The van der Waals surface area contributed by atoms with Gasteiger partial charge >= 0.3 is 0 Å². The smallest absolute Gasteiger partial charge is 0.119 e. The number of hydrogen-bond acceptors (Lipinski definition) is 2. The summed E-state index contributed by atoms with van der Waals surface area (Å²) in [7, 11) is 1.68. The van der Waals surface area contributed by atoms with Crippen molar-refractivity contribution in [1.82, 2.24) is 0 Å². The lowest BCUT2D eigenvalue weighted by Gasteiger charge is -2.01. The number of thiophene rings is 1. The summed E-state index contributed by atoms with van der Waals surface area (Å²) in [5.41, 5.74) is 2.38. The first-order chi connectivity index (χ1) is 6.40. The molecule has 1 heterocycles. The van der Waals surface area contributed by atoms with Gasteiger partial charge in [0.05, 0.1) is 7.11 Å². The third kappa shape index (κ3) is 1.73. The Labute approximate surface area is 81.6 Å². The van der Waals surface area contributed by atoms with E-state index in [4.69, 9.17) is 4.74 Å². The zero-order valence-electron chi connectivity index (χ0n) is 7.28. The molecule has 0 spiro atoms. The van der Waals surface area contributed by atoms with E-state index in [0.717, 1.165) is 5.75 Å². The molecule has 2 aromatic rings. The van der Waals surface area contributed by atoms with Crippen molar-refractivity contribution in [3.63, 3.8) is 0 Å². The molecule has 1 aromatic heterocycles. The van der Waals surface area contributed by atoms with E-state index in [0.29, 0.717) is 0 Å². The first-order valence-electron chi connectivity index (χ1n) is 3.99. The van der Waals surface area contributed by atoms with Gasteiger partial charge in [-0.25, -0.2) is 0 Å². The summed E-state index contributed by atoms with van der Waals surface area (Å²) in [4.78, 5) is 0. The second kappa shape index (κ2) is 3.62. The number of ether oxygens (including phenoxy) is 1. The van der Waals surface area contributed by atoms with E-state index in [-0.39, 0.29) is 0 Å². The highest BCUT2D eigenvalue weighted by Crippen LogP contribution is 2.24. The third-order valence-corrected chi connectivity index (χ3v) is 2.50. The lowest BCUT2D eigenvalue weighted by Crippen LogP contribution is -1.82. The van der Waals surface area contributed by atoms with Gasteiger partial charge in [-0.3, -0.25) is 0 Å². The van der Waals surface area contributed by atoms with Gasteiger partial charge in [0.25, 0.3) is 0 Å². The Hall–Kier alpha value is -1.28. The van der Waals surface area contributed by atoms with Crippen molar-refractivity contribution in [2.45, 2.75) is 0 Å². The number of benzene rings is 1. The molecule has 0 bridgehead atoms. The van der Waals surface area contributed by atoms with Crippen molar-refractivity contribution in [1.29, 1.82) is 0 Å². The minimum atomic E-state index is 0.892. The fourth-order valence-electron chi connectivity index (χ4n) is 1.18. The SMILES string of the molecule is COc1cccc(-c2c[c]sc2)c1. The molecule has 1 radical (unpaired) electrons. The Morgan fingerprint density at radius 3 is 2.92 bits per heavy atom. The van der Waals surface area contributed by atoms with Crippen molar-refractivity contribution in [3.8, 4) is 16.9 Å². The molecule has 0 atom stereocenters. The lowest BCUT2D eigenvalue weighted by atomic mass is 10.1. The van der Waals surface area contributed by atoms with Crippen molar-refractivity contribution in [3.05, 3.63) is 41.1 Å². The van der Waals surface area contributed by atoms with Crippen LogP contribution in [0.3, 0.4) is 0 Å². The molecule has 0 aliphatic carbocycles. The molecule has 0 amide bonds. The van der Waals surface area contributed by atoms with Crippen LogP contribution >= 0.6 is 11.3 Å². The summed E-state index contributed by atoms with van der Waals surface area (Å²) in [5, 5.41) is 5.14. The van der Waals surface area contributed by atoms with E-state index in [1.165, 1.54) is 11.1 Å². The zero-order chi connectivity index (χ0) is 9.10. The molecule has 2 rings (SSSR count). The van der Waals surface area contributed by atoms with Gasteiger partial charge in [0.1, 0.15) is 5.75 Å². The van der Waals surface area contributed by atoms with E-state index in [9.17, 15) is 0 Å². The normalized spacial score (nSPS) is 9.92. The average Bonchev–Trinajstić information content (AvgIpc) is 2.71. The van der Waals surface area contributed by atoms with Crippen LogP contribution in [0.5, 0.6) is 5.75 Å². The van der Waals surface area contributed by atoms with Gasteiger partial charge in [-0.2, -0.15) is 0 Å². The monoisotopic (exact) mass is 189 g/mol. The van der Waals surface area contributed by atoms with E-state index in [2.05, 4.69) is 16.8 Å². The highest BCUT2D eigenvalue weighted by atomic mass is 32.1. The predicted octanol–water partition coefficient (Wildman–Crippen LogP) is 3.22. The van der Waals surface area contributed by atoms with Gasteiger partial charge in [-0.05, 0) is 34.7 Å². The molecular weight excluding hydrogens is 180 g/mol. The number of hydrogen-bond donors (Lipinski definition) is 0. The van der Waals surface area contributed by atoms with Crippen LogP contribution in [0.4, 0.5) is 0 Å². The third-order valence-electron chi connectivity index (χ3n) is 1.87. The summed E-state index contributed by atoms with van der Waals surface area (Å²) >= 11 is 1.58. The average molecular weight is 189 g/mol. The summed E-state index contributed by atoms with van der Waals surface area (Å²) in [6, 6.07) is 10.0. The van der Waals surface area contributed by atoms with Crippen LogP contribution in [0.2, 0.25) is 0 Å². The number of methoxy groups -OCH3 is 1. The van der Waals surface area contributed by atoms with Crippen molar-refractivity contribution in [2.24, 2.45) is 0 Å². The maximum atomic E-state index is 5.15. The van der Waals surface area contributed by atoms with Crippen LogP contribution in [-0.2, 0) is 0 Å². The summed E-state index contributed by atoms with van der Waals surface area (Å²) in [6.45, 7) is 0. The Balaban J connectivity index is 2.41. The fraction of sp³-hybridized carbons (Fsp3) is 0.0909. The summed E-state index contributed by atoms with van der Waals surface area (Å²) in [5.74, 6) is 0.892. The Morgan fingerprint density at radius 2 is 2.23 bits per heavy atom. The molecule has 1 aromatic carbocycles. The molecule has 0 saturated heterocycles. The molecule has 0 aliphatic rings. The van der Waals surface area contributed by atoms with Crippen LogP contribution < -0.4 is 4.74 Å². The first kappa shape index (κ1) is 8.32. The van der Waals surface area contributed by atoms with Crippen LogP contribution in [-0.4, -0.2) is 7.11 Å². The van der Waals surface area contributed by atoms with E-state index in [1.54, 1.807) is 18.4 Å². The van der Waals surface area contributed by atoms with Crippen molar-refractivity contribution in [2.75, 3.05) is 7.11 Å². The standard InChI is InChI=1S/C11H9OS/c1-12-11-4-2-3-9(7-11)10-5-6-13-8-10/h2-5,7-8H,1H3. The maximum Gasteiger partial charge on any atom is 0.119 e. The van der Waals surface area contributed by atoms with Gasteiger partial charge in [-0.15, -0.1) is 11.3 Å². The minimum Gasteiger partial charge on any atom is -0.497 e. The molecule has 0 unspecified atom stereocenters. The van der Waals surface area contributed by atoms with Gasteiger partial charge in [-0.1, -0.05) is 12.1 Å². The highest BCUT2D eigenvalue weighted by molar-refractivity contribution is 7.07. The number of rotatable bonds is 2. The second-order valence-corrected chi connectivity index (χ2v) is 3.39. The molecule has 0 aliphatic heterocycles. The molecule has 1 nitrogen and oxygen atoms in total. The molecule has 0 N–H and O–H groups in total. The quantitative estimate of drug-likeness (QED) is 0.704. The molecule has 0 fully saturated rings. The van der Waals surface area contributed by atoms with Crippen LogP contribution in [0.1, 0.15) is 0 Å². The van der Waals surface area contributed by atoms with Gasteiger partial charge < -0.3 is 4.74 Å².